The van der Waals surface area contributed by atoms with Gasteiger partial charge in [0.25, 0.3) is 0 Å². The fraction of sp³-hybridized carbons (Fsp3) is 0.263. The molecule has 1 aliphatic carbocycles. The zero-order valence-corrected chi connectivity index (χ0v) is 14.4. The molecule has 24 heavy (non-hydrogen) atoms. The lowest BCUT2D eigenvalue weighted by Crippen LogP contribution is -2.01. The van der Waals surface area contributed by atoms with Crippen LogP contribution in [-0.2, 0) is 5.75 Å². The van der Waals surface area contributed by atoms with Crippen molar-refractivity contribution >= 4 is 11.8 Å². The zero-order valence-electron chi connectivity index (χ0n) is 13.6. The molecule has 5 heteroatoms. The average molecular weight is 337 g/mol. The van der Waals surface area contributed by atoms with Gasteiger partial charge in [-0.1, -0.05) is 42.1 Å². The van der Waals surface area contributed by atoms with Gasteiger partial charge >= 0.3 is 0 Å². The number of thioether (sulfide) groups is 1. The largest absolute Gasteiger partial charge is 0.497 e. The highest BCUT2D eigenvalue weighted by Crippen LogP contribution is 2.40. The Morgan fingerprint density at radius 1 is 1.08 bits per heavy atom. The van der Waals surface area contributed by atoms with Crippen LogP contribution in [0.25, 0.3) is 5.69 Å². The second-order valence-corrected chi connectivity index (χ2v) is 6.85. The molecule has 0 spiro atoms. The summed E-state index contributed by atoms with van der Waals surface area (Å²) in [6, 6.07) is 18.4. The molecule has 4 nitrogen and oxygen atoms in total. The van der Waals surface area contributed by atoms with Crippen molar-refractivity contribution in [1.29, 1.82) is 0 Å². The highest BCUT2D eigenvalue weighted by Gasteiger charge is 2.30. The predicted octanol–water partition coefficient (Wildman–Crippen LogP) is 4.45. The Morgan fingerprint density at radius 3 is 2.50 bits per heavy atom. The molecule has 0 bridgehead atoms. The molecule has 1 heterocycles. The van der Waals surface area contributed by atoms with Crippen LogP contribution in [0.2, 0.25) is 0 Å². The Balaban J connectivity index is 1.53. The summed E-state index contributed by atoms with van der Waals surface area (Å²) < 4.78 is 7.21. The molecule has 0 N–H and O–H groups in total. The molecule has 0 radical (unpaired) electrons. The second kappa shape index (κ2) is 6.69. The number of benzene rings is 2. The molecule has 1 aromatic heterocycles. The minimum Gasteiger partial charge on any atom is -0.497 e. The molecular weight excluding hydrogens is 318 g/mol. The number of hydrogen-bond acceptors (Lipinski definition) is 4. The first-order valence-corrected chi connectivity index (χ1v) is 9.10. The summed E-state index contributed by atoms with van der Waals surface area (Å²) >= 11 is 1.68. The minimum atomic E-state index is 0.563. The number of rotatable bonds is 6. The predicted molar refractivity (Wildman–Crippen MR) is 95.9 cm³/mol. The maximum Gasteiger partial charge on any atom is 0.209 e. The van der Waals surface area contributed by atoms with Crippen LogP contribution in [0.4, 0.5) is 0 Å². The van der Waals surface area contributed by atoms with E-state index in [9.17, 15) is 0 Å². The molecule has 0 aliphatic heterocycles. The van der Waals surface area contributed by atoms with Crippen molar-refractivity contribution in [2.75, 3.05) is 7.11 Å². The van der Waals surface area contributed by atoms with E-state index < -0.39 is 0 Å². The van der Waals surface area contributed by atoms with Crippen molar-refractivity contribution in [3.05, 3.63) is 66.0 Å². The topological polar surface area (TPSA) is 39.9 Å². The summed E-state index contributed by atoms with van der Waals surface area (Å²) in [5, 5.41) is 5.58. The maximum absolute atomic E-state index is 5.20. The standard InChI is InChI=1S/C19H19N3OS/c1-23-17-11-7-14(8-12-17)13-24-19-20-18(15-9-10-15)22(21-19)16-5-3-2-4-6-16/h2-8,11-12,15H,9-10,13H2,1H3. The third-order valence-corrected chi connectivity index (χ3v) is 4.99. The molecule has 0 atom stereocenters. The van der Waals surface area contributed by atoms with Gasteiger partial charge in [-0.2, -0.15) is 0 Å². The summed E-state index contributed by atoms with van der Waals surface area (Å²) in [5.74, 6) is 3.39. The van der Waals surface area contributed by atoms with Gasteiger partial charge in [0.15, 0.2) is 0 Å². The normalized spacial score (nSPS) is 13.9. The number of para-hydroxylation sites is 1. The Hall–Kier alpha value is -2.27. The molecule has 1 fully saturated rings. The molecule has 0 amide bonds. The van der Waals surface area contributed by atoms with E-state index in [4.69, 9.17) is 14.8 Å². The van der Waals surface area contributed by atoms with Crippen molar-refractivity contribution < 1.29 is 4.74 Å². The van der Waals surface area contributed by atoms with Crippen LogP contribution in [0.3, 0.4) is 0 Å². The van der Waals surface area contributed by atoms with Gasteiger partial charge in [-0.15, -0.1) is 5.10 Å². The average Bonchev–Trinajstić information content (AvgIpc) is 3.40. The summed E-state index contributed by atoms with van der Waals surface area (Å²) in [6.07, 6.45) is 2.43. The second-order valence-electron chi connectivity index (χ2n) is 5.91. The van der Waals surface area contributed by atoms with E-state index in [0.29, 0.717) is 5.92 Å². The van der Waals surface area contributed by atoms with Gasteiger partial charge in [0.2, 0.25) is 5.16 Å². The van der Waals surface area contributed by atoms with E-state index in [1.165, 1.54) is 18.4 Å². The van der Waals surface area contributed by atoms with Gasteiger partial charge in [0.1, 0.15) is 11.6 Å². The number of methoxy groups -OCH3 is 1. The summed E-state index contributed by atoms with van der Waals surface area (Å²) in [4.78, 5) is 4.79. The third kappa shape index (κ3) is 3.31. The Bertz CT molecular complexity index is 810. The monoisotopic (exact) mass is 337 g/mol. The van der Waals surface area contributed by atoms with E-state index in [1.807, 2.05) is 35.0 Å². The third-order valence-electron chi connectivity index (χ3n) is 4.08. The summed E-state index contributed by atoms with van der Waals surface area (Å²) in [6.45, 7) is 0. The lowest BCUT2D eigenvalue weighted by atomic mass is 10.2. The van der Waals surface area contributed by atoms with Crippen molar-refractivity contribution in [2.45, 2.75) is 29.7 Å². The Labute approximate surface area is 145 Å². The summed E-state index contributed by atoms with van der Waals surface area (Å²) in [7, 11) is 1.68. The fourth-order valence-electron chi connectivity index (χ4n) is 2.60. The summed E-state index contributed by atoms with van der Waals surface area (Å²) in [5.41, 5.74) is 2.33. The lowest BCUT2D eigenvalue weighted by molar-refractivity contribution is 0.414. The van der Waals surface area contributed by atoms with Gasteiger partial charge < -0.3 is 4.74 Å². The smallest absolute Gasteiger partial charge is 0.209 e. The number of aromatic nitrogens is 3. The van der Waals surface area contributed by atoms with Gasteiger partial charge in [-0.25, -0.2) is 9.67 Å². The van der Waals surface area contributed by atoms with Gasteiger partial charge in [-0.3, -0.25) is 0 Å². The fourth-order valence-corrected chi connectivity index (χ4v) is 3.39. The van der Waals surface area contributed by atoms with Crippen LogP contribution in [0.1, 0.15) is 30.1 Å². The highest BCUT2D eigenvalue weighted by molar-refractivity contribution is 7.98. The minimum absolute atomic E-state index is 0.563. The SMILES string of the molecule is COc1ccc(CSc2nc(C3CC3)n(-c3ccccc3)n2)cc1. The number of ether oxygens (including phenoxy) is 1. The van der Waals surface area contributed by atoms with Crippen molar-refractivity contribution in [1.82, 2.24) is 14.8 Å². The zero-order chi connectivity index (χ0) is 16.4. The van der Waals surface area contributed by atoms with E-state index >= 15 is 0 Å². The molecule has 1 saturated carbocycles. The van der Waals surface area contributed by atoms with Crippen LogP contribution < -0.4 is 4.74 Å². The molecule has 1 aliphatic rings. The Morgan fingerprint density at radius 2 is 1.83 bits per heavy atom. The van der Waals surface area contributed by atoms with E-state index in [0.717, 1.165) is 28.2 Å². The molecule has 3 aromatic rings. The van der Waals surface area contributed by atoms with E-state index in [1.54, 1.807) is 18.9 Å². The molecule has 2 aromatic carbocycles. The quantitative estimate of drug-likeness (QED) is 0.623. The lowest BCUT2D eigenvalue weighted by Gasteiger charge is -2.03. The highest BCUT2D eigenvalue weighted by atomic mass is 32.2. The van der Waals surface area contributed by atoms with Gasteiger partial charge in [0, 0.05) is 11.7 Å². The molecule has 122 valence electrons. The van der Waals surface area contributed by atoms with E-state index in [-0.39, 0.29) is 0 Å². The molecule has 0 saturated heterocycles. The van der Waals surface area contributed by atoms with Crippen molar-refractivity contribution in [3.8, 4) is 11.4 Å². The van der Waals surface area contributed by atoms with Crippen LogP contribution in [0.5, 0.6) is 5.75 Å². The van der Waals surface area contributed by atoms with Crippen LogP contribution in [0, 0.1) is 0 Å². The molecular formula is C19H19N3OS. The van der Waals surface area contributed by atoms with Crippen molar-refractivity contribution in [3.63, 3.8) is 0 Å². The van der Waals surface area contributed by atoms with Gasteiger partial charge in [0.05, 0.1) is 12.8 Å². The first-order valence-electron chi connectivity index (χ1n) is 8.11. The Kier molecular flexibility index (Phi) is 4.26. The number of hydrogen-bond donors (Lipinski definition) is 0. The molecule has 0 unspecified atom stereocenters. The molecule has 4 rings (SSSR count). The van der Waals surface area contributed by atoms with Crippen LogP contribution in [0.15, 0.2) is 59.8 Å². The first-order chi connectivity index (χ1) is 11.8. The first kappa shape index (κ1) is 15.3. The van der Waals surface area contributed by atoms with Crippen LogP contribution in [-0.4, -0.2) is 21.9 Å². The van der Waals surface area contributed by atoms with Crippen LogP contribution >= 0.6 is 11.8 Å². The van der Waals surface area contributed by atoms with E-state index in [2.05, 4.69) is 24.3 Å². The maximum atomic E-state index is 5.20. The van der Waals surface area contributed by atoms with Crippen molar-refractivity contribution in [2.24, 2.45) is 0 Å². The number of nitrogens with zero attached hydrogens (tertiary/aromatic N) is 3. The van der Waals surface area contributed by atoms with Gasteiger partial charge in [-0.05, 0) is 42.7 Å².